The molecule has 1 aromatic carbocycles. The van der Waals surface area contributed by atoms with Gasteiger partial charge in [-0.3, -0.25) is 4.79 Å². The first-order valence-electron chi connectivity index (χ1n) is 9.80. The number of hydrogen-bond donors (Lipinski definition) is 3. The molecule has 9 heteroatoms. The predicted molar refractivity (Wildman–Crippen MR) is 110 cm³/mol. The molecule has 0 saturated heterocycles. The molecule has 2 atom stereocenters. The predicted octanol–water partition coefficient (Wildman–Crippen LogP) is 0.516. The molecule has 0 spiro atoms. The Morgan fingerprint density at radius 2 is 2.03 bits per heavy atom. The maximum atomic E-state index is 12.5. The van der Waals surface area contributed by atoms with E-state index in [0.29, 0.717) is 53.7 Å². The van der Waals surface area contributed by atoms with E-state index in [2.05, 4.69) is 9.97 Å². The van der Waals surface area contributed by atoms with Crippen molar-refractivity contribution in [2.75, 3.05) is 33.9 Å². The molecule has 162 valence electrons. The molecule has 0 amide bonds. The second-order valence-corrected chi connectivity index (χ2v) is 6.97. The molecule has 3 aromatic rings. The zero-order valence-corrected chi connectivity index (χ0v) is 17.4. The maximum Gasteiger partial charge on any atom is 0.259 e. The Bertz CT molecular complexity index is 1000. The number of quaternary nitrogens is 1. The summed E-state index contributed by atoms with van der Waals surface area (Å²) < 4.78 is 21.3. The van der Waals surface area contributed by atoms with Crippen molar-refractivity contribution in [3.05, 3.63) is 52.5 Å². The number of aromatic nitrogens is 2. The van der Waals surface area contributed by atoms with E-state index in [-0.39, 0.29) is 12.2 Å². The normalized spacial score (nSPS) is 13.3. The fourth-order valence-corrected chi connectivity index (χ4v) is 3.26. The molecular formula is C21H28N3O6+. The Kier molecular flexibility index (Phi) is 7.45. The fourth-order valence-electron chi connectivity index (χ4n) is 3.26. The number of H-pyrrole nitrogens is 1. The number of nitrogens with zero attached hydrogens (tertiary/aromatic N) is 1. The molecule has 0 saturated carbocycles. The molecule has 3 rings (SSSR count). The number of nitrogens with one attached hydrogen (secondary N) is 2. The third-order valence-corrected chi connectivity index (χ3v) is 4.84. The van der Waals surface area contributed by atoms with Crippen molar-refractivity contribution in [3.63, 3.8) is 0 Å². The lowest BCUT2D eigenvalue weighted by Crippen LogP contribution is -3.11. The molecule has 0 radical (unpaired) electrons. The summed E-state index contributed by atoms with van der Waals surface area (Å²) in [4.78, 5) is 21.0. The van der Waals surface area contributed by atoms with Gasteiger partial charge in [0, 0.05) is 6.07 Å². The number of aliphatic hydroxyl groups is 1. The number of fused-ring (bicyclic) bond motifs is 1. The molecule has 3 N–H and O–H groups in total. The molecule has 9 nitrogen and oxygen atoms in total. The van der Waals surface area contributed by atoms with Crippen LogP contribution in [0, 0.1) is 0 Å². The number of aromatic amines is 1. The minimum absolute atomic E-state index is 0.197. The average Bonchev–Trinajstić information content (AvgIpc) is 3.25. The van der Waals surface area contributed by atoms with Crippen LogP contribution < -0.4 is 19.9 Å². The highest BCUT2D eigenvalue weighted by atomic mass is 16.5. The van der Waals surface area contributed by atoms with Crippen molar-refractivity contribution in [2.24, 2.45) is 0 Å². The van der Waals surface area contributed by atoms with Crippen molar-refractivity contribution in [1.82, 2.24) is 9.97 Å². The standard InChI is InChI=1S/C21H27N3O6/c1-4-24(10-14(25)12-29-13-15-6-5-7-30-15)11-20-22-17-9-19(28-3)18(27-2)8-16(17)21(26)23-20/h5-9,14,25H,4,10-13H2,1-3H3,(H,22,23,26)/p+1/t14-/m0/s1. The molecule has 0 fully saturated rings. The molecule has 2 aromatic heterocycles. The van der Waals surface area contributed by atoms with Gasteiger partial charge in [0.1, 0.15) is 31.6 Å². The fraction of sp³-hybridized carbons (Fsp3) is 0.429. The van der Waals surface area contributed by atoms with Crippen molar-refractivity contribution >= 4 is 10.9 Å². The van der Waals surface area contributed by atoms with E-state index < -0.39 is 6.10 Å². The summed E-state index contributed by atoms with van der Waals surface area (Å²) in [6, 6.07) is 6.92. The van der Waals surface area contributed by atoms with E-state index in [1.54, 1.807) is 24.5 Å². The summed E-state index contributed by atoms with van der Waals surface area (Å²) >= 11 is 0. The molecule has 0 aliphatic rings. The van der Waals surface area contributed by atoms with Crippen LogP contribution in [0.3, 0.4) is 0 Å². The largest absolute Gasteiger partial charge is 0.493 e. The number of hydrogen-bond acceptors (Lipinski definition) is 7. The summed E-state index contributed by atoms with van der Waals surface area (Å²) in [6.07, 6.45) is 0.938. The third kappa shape index (κ3) is 5.38. The molecule has 0 aliphatic heterocycles. The van der Waals surface area contributed by atoms with Gasteiger partial charge in [0.2, 0.25) is 0 Å². The van der Waals surface area contributed by atoms with Crippen LogP contribution in [-0.2, 0) is 17.9 Å². The molecule has 2 heterocycles. The Labute approximate surface area is 174 Å². The van der Waals surface area contributed by atoms with Crippen molar-refractivity contribution in [2.45, 2.75) is 26.2 Å². The van der Waals surface area contributed by atoms with Crippen molar-refractivity contribution < 1.29 is 28.6 Å². The van der Waals surface area contributed by atoms with Gasteiger partial charge >= 0.3 is 0 Å². The molecule has 1 unspecified atom stereocenters. The van der Waals surface area contributed by atoms with Crippen LogP contribution in [0.1, 0.15) is 18.5 Å². The highest BCUT2D eigenvalue weighted by Crippen LogP contribution is 2.29. The van der Waals surface area contributed by atoms with Crippen LogP contribution in [0.5, 0.6) is 11.5 Å². The maximum absolute atomic E-state index is 12.5. The zero-order valence-electron chi connectivity index (χ0n) is 17.4. The monoisotopic (exact) mass is 418 g/mol. The second-order valence-electron chi connectivity index (χ2n) is 6.97. The summed E-state index contributed by atoms with van der Waals surface area (Å²) in [5, 5.41) is 10.7. The van der Waals surface area contributed by atoms with Gasteiger partial charge < -0.3 is 33.6 Å². The van der Waals surface area contributed by atoms with Gasteiger partial charge in [0.05, 0.1) is 44.5 Å². The Balaban J connectivity index is 1.66. The summed E-state index contributed by atoms with van der Waals surface area (Å²) in [7, 11) is 3.06. The first kappa shape index (κ1) is 21.8. The van der Waals surface area contributed by atoms with Crippen LogP contribution in [-0.4, -0.2) is 55.1 Å². The number of aliphatic hydroxyl groups excluding tert-OH is 1. The van der Waals surface area contributed by atoms with Crippen LogP contribution in [0.25, 0.3) is 10.9 Å². The van der Waals surface area contributed by atoms with Crippen LogP contribution in [0.2, 0.25) is 0 Å². The second kappa shape index (κ2) is 10.2. The topological polar surface area (TPSA) is 111 Å². The van der Waals surface area contributed by atoms with Gasteiger partial charge in [-0.2, -0.15) is 0 Å². The molecule has 0 aliphatic carbocycles. The first-order valence-corrected chi connectivity index (χ1v) is 9.80. The average molecular weight is 418 g/mol. The van der Waals surface area contributed by atoms with E-state index in [9.17, 15) is 9.90 Å². The highest BCUT2D eigenvalue weighted by Gasteiger charge is 2.17. The van der Waals surface area contributed by atoms with Gasteiger partial charge in [-0.1, -0.05) is 0 Å². The summed E-state index contributed by atoms with van der Waals surface area (Å²) in [6.45, 7) is 4.20. The SMILES string of the molecule is CC[NH+](Cc1nc2cc(OC)c(OC)cc2c(=O)[nH]1)C[C@H](O)COCc1ccco1. The lowest BCUT2D eigenvalue weighted by Gasteiger charge is -2.20. The van der Waals surface area contributed by atoms with E-state index in [4.69, 9.17) is 18.6 Å². The number of benzene rings is 1. The van der Waals surface area contributed by atoms with E-state index in [1.807, 2.05) is 13.0 Å². The van der Waals surface area contributed by atoms with Crippen LogP contribution in [0.15, 0.2) is 39.7 Å². The van der Waals surface area contributed by atoms with E-state index in [1.165, 1.54) is 14.2 Å². The number of furan rings is 1. The number of ether oxygens (including phenoxy) is 3. The summed E-state index contributed by atoms with van der Waals surface area (Å²) in [5.41, 5.74) is 0.290. The lowest BCUT2D eigenvalue weighted by molar-refractivity contribution is -0.915. The summed E-state index contributed by atoms with van der Waals surface area (Å²) in [5.74, 6) is 2.24. The van der Waals surface area contributed by atoms with E-state index in [0.717, 1.165) is 11.4 Å². The van der Waals surface area contributed by atoms with Gasteiger partial charge in [-0.05, 0) is 25.1 Å². The minimum Gasteiger partial charge on any atom is -0.493 e. The number of rotatable bonds is 11. The van der Waals surface area contributed by atoms with Gasteiger partial charge in [0.15, 0.2) is 17.3 Å². The van der Waals surface area contributed by atoms with Crippen LogP contribution in [0.4, 0.5) is 0 Å². The van der Waals surface area contributed by atoms with Crippen molar-refractivity contribution in [1.29, 1.82) is 0 Å². The Morgan fingerprint density at radius 1 is 1.27 bits per heavy atom. The minimum atomic E-state index is -0.647. The Morgan fingerprint density at radius 3 is 2.70 bits per heavy atom. The molecular weight excluding hydrogens is 390 g/mol. The van der Waals surface area contributed by atoms with Crippen LogP contribution >= 0.6 is 0 Å². The van der Waals surface area contributed by atoms with Gasteiger partial charge in [-0.15, -0.1) is 0 Å². The first-order chi connectivity index (χ1) is 14.5. The van der Waals surface area contributed by atoms with E-state index >= 15 is 0 Å². The van der Waals surface area contributed by atoms with Gasteiger partial charge in [-0.25, -0.2) is 4.98 Å². The zero-order chi connectivity index (χ0) is 21.5. The highest BCUT2D eigenvalue weighted by molar-refractivity contribution is 5.81. The Hall–Kier alpha value is -2.88. The van der Waals surface area contributed by atoms with Gasteiger partial charge in [0.25, 0.3) is 5.56 Å². The number of likely N-dealkylation sites (N-methyl/N-ethyl adjacent to an activating group) is 1. The molecule has 30 heavy (non-hydrogen) atoms. The smallest absolute Gasteiger partial charge is 0.259 e. The molecule has 0 bridgehead atoms. The quantitative estimate of drug-likeness (QED) is 0.416. The van der Waals surface area contributed by atoms with Crippen molar-refractivity contribution in [3.8, 4) is 11.5 Å². The number of methoxy groups -OCH3 is 2. The third-order valence-electron chi connectivity index (χ3n) is 4.84. The lowest BCUT2D eigenvalue weighted by atomic mass is 10.2.